The Morgan fingerprint density at radius 3 is 3.00 bits per heavy atom. The summed E-state index contributed by atoms with van der Waals surface area (Å²) in [7, 11) is 1.60. The summed E-state index contributed by atoms with van der Waals surface area (Å²) in [6.45, 7) is 2.26. The van der Waals surface area contributed by atoms with Crippen LogP contribution < -0.4 is 0 Å². The second-order valence-corrected chi connectivity index (χ2v) is 3.96. The van der Waals surface area contributed by atoms with E-state index in [4.69, 9.17) is 4.74 Å². The molecule has 6 heteroatoms. The fourth-order valence-electron chi connectivity index (χ4n) is 1.07. The van der Waals surface area contributed by atoms with Crippen LogP contribution in [0.25, 0.3) is 0 Å². The third-order valence-corrected chi connectivity index (χ3v) is 2.74. The molecule has 0 fully saturated rings. The molecular formula is C9H12N2O3S. The molecule has 0 aliphatic heterocycles. The van der Waals surface area contributed by atoms with Crippen molar-refractivity contribution in [2.75, 3.05) is 19.5 Å². The zero-order valence-electron chi connectivity index (χ0n) is 8.60. The molecule has 0 aromatic carbocycles. The molecule has 1 aromatic rings. The van der Waals surface area contributed by atoms with Crippen molar-refractivity contribution in [3.05, 3.63) is 27.9 Å². The van der Waals surface area contributed by atoms with Crippen LogP contribution in [-0.2, 0) is 4.74 Å². The lowest BCUT2D eigenvalue weighted by Gasteiger charge is -2.03. The van der Waals surface area contributed by atoms with Gasteiger partial charge in [0.1, 0.15) is 0 Å². The summed E-state index contributed by atoms with van der Waals surface area (Å²) in [5, 5.41) is 11.3. The molecule has 1 heterocycles. The first-order valence-electron chi connectivity index (χ1n) is 4.38. The Balaban J connectivity index is 2.86. The summed E-state index contributed by atoms with van der Waals surface area (Å²) in [6.07, 6.45) is 1.58. The van der Waals surface area contributed by atoms with Gasteiger partial charge < -0.3 is 4.74 Å². The predicted molar refractivity (Wildman–Crippen MR) is 58.2 cm³/mol. The number of nitrogens with zero attached hydrogens (tertiary/aromatic N) is 2. The van der Waals surface area contributed by atoms with Crippen LogP contribution in [0.3, 0.4) is 0 Å². The minimum Gasteiger partial charge on any atom is -0.384 e. The molecule has 0 unspecified atom stereocenters. The average Bonchev–Trinajstić information content (AvgIpc) is 2.17. The highest BCUT2D eigenvalue weighted by molar-refractivity contribution is 7.99. The third-order valence-electron chi connectivity index (χ3n) is 1.80. The van der Waals surface area contributed by atoms with E-state index in [1.54, 1.807) is 26.3 Å². The molecule has 0 bridgehead atoms. The van der Waals surface area contributed by atoms with Crippen molar-refractivity contribution in [1.29, 1.82) is 0 Å². The van der Waals surface area contributed by atoms with Gasteiger partial charge >= 0.3 is 5.69 Å². The highest BCUT2D eigenvalue weighted by atomic mass is 32.2. The van der Waals surface area contributed by atoms with Crippen LogP contribution in [0.1, 0.15) is 5.56 Å². The zero-order valence-corrected chi connectivity index (χ0v) is 9.41. The van der Waals surface area contributed by atoms with Crippen LogP contribution in [0, 0.1) is 17.0 Å². The van der Waals surface area contributed by atoms with Crippen LogP contribution in [0.4, 0.5) is 5.69 Å². The highest BCUT2D eigenvalue weighted by Gasteiger charge is 2.18. The molecule has 0 saturated carbocycles. The Kier molecular flexibility index (Phi) is 4.51. The van der Waals surface area contributed by atoms with Gasteiger partial charge in [0.25, 0.3) is 0 Å². The first-order chi connectivity index (χ1) is 7.16. The molecule has 1 aromatic heterocycles. The zero-order chi connectivity index (χ0) is 11.3. The lowest BCUT2D eigenvalue weighted by Crippen LogP contribution is -1.98. The largest absolute Gasteiger partial charge is 0.384 e. The van der Waals surface area contributed by atoms with Crippen molar-refractivity contribution < 1.29 is 9.66 Å². The number of thioether (sulfide) groups is 1. The fourth-order valence-corrected chi connectivity index (χ4v) is 2.03. The van der Waals surface area contributed by atoms with Gasteiger partial charge in [-0.15, -0.1) is 0 Å². The van der Waals surface area contributed by atoms with Crippen molar-refractivity contribution in [3.63, 3.8) is 0 Å². The summed E-state index contributed by atoms with van der Waals surface area (Å²) < 4.78 is 4.88. The monoisotopic (exact) mass is 228 g/mol. The SMILES string of the molecule is COCCSc1nccc(C)c1[N+](=O)[O-]. The summed E-state index contributed by atoms with van der Waals surface area (Å²) in [5.41, 5.74) is 0.730. The van der Waals surface area contributed by atoms with Gasteiger partial charge in [-0.3, -0.25) is 10.1 Å². The molecule has 82 valence electrons. The maximum absolute atomic E-state index is 10.8. The standard InChI is InChI=1S/C9H12N2O3S/c1-7-3-4-10-9(8(7)11(12)13)15-6-5-14-2/h3-4H,5-6H2,1-2H3. The highest BCUT2D eigenvalue weighted by Crippen LogP contribution is 2.29. The quantitative estimate of drug-likeness (QED) is 0.334. The molecule has 0 aliphatic carbocycles. The summed E-state index contributed by atoms with van der Waals surface area (Å²) in [4.78, 5) is 14.4. The number of rotatable bonds is 5. The maximum atomic E-state index is 10.8. The molecular weight excluding hydrogens is 216 g/mol. The number of aryl methyl sites for hydroxylation is 1. The topological polar surface area (TPSA) is 65.3 Å². The van der Waals surface area contributed by atoms with Crippen LogP contribution >= 0.6 is 11.8 Å². The number of aromatic nitrogens is 1. The minimum absolute atomic E-state index is 0.0959. The Labute approximate surface area is 92.0 Å². The van der Waals surface area contributed by atoms with Gasteiger partial charge in [-0.05, 0) is 13.0 Å². The third kappa shape index (κ3) is 3.17. The van der Waals surface area contributed by atoms with Crippen LogP contribution in [0.5, 0.6) is 0 Å². The molecule has 0 saturated heterocycles. The smallest absolute Gasteiger partial charge is 0.304 e. The summed E-state index contributed by atoms with van der Waals surface area (Å²) in [5.74, 6) is 0.661. The first-order valence-corrected chi connectivity index (χ1v) is 5.37. The van der Waals surface area contributed by atoms with E-state index in [1.807, 2.05) is 0 Å². The second-order valence-electron chi connectivity index (χ2n) is 2.88. The van der Waals surface area contributed by atoms with Gasteiger partial charge in [0.15, 0.2) is 5.03 Å². The van der Waals surface area contributed by atoms with E-state index in [1.165, 1.54) is 11.8 Å². The summed E-state index contributed by atoms with van der Waals surface area (Å²) >= 11 is 1.34. The number of methoxy groups -OCH3 is 1. The normalized spacial score (nSPS) is 10.3. The van der Waals surface area contributed by atoms with Crippen molar-refractivity contribution in [3.8, 4) is 0 Å². The lowest BCUT2D eigenvalue weighted by atomic mass is 10.3. The maximum Gasteiger partial charge on any atom is 0.304 e. The van der Waals surface area contributed by atoms with Crippen LogP contribution in [0.2, 0.25) is 0 Å². The predicted octanol–water partition coefficient (Wildman–Crippen LogP) is 2.04. The lowest BCUT2D eigenvalue weighted by molar-refractivity contribution is -0.388. The molecule has 0 amide bonds. The molecule has 0 spiro atoms. The Bertz CT molecular complexity index is 357. The van der Waals surface area contributed by atoms with Gasteiger partial charge in [-0.2, -0.15) is 0 Å². The molecule has 0 aliphatic rings. The molecule has 0 atom stereocenters. The molecule has 15 heavy (non-hydrogen) atoms. The van der Waals surface area contributed by atoms with Gasteiger partial charge in [-0.1, -0.05) is 11.8 Å². The van der Waals surface area contributed by atoms with E-state index in [9.17, 15) is 10.1 Å². The number of hydrogen-bond donors (Lipinski definition) is 0. The first kappa shape index (κ1) is 11.9. The number of hydrogen-bond acceptors (Lipinski definition) is 5. The number of pyridine rings is 1. The van der Waals surface area contributed by atoms with Crippen molar-refractivity contribution in [1.82, 2.24) is 4.98 Å². The van der Waals surface area contributed by atoms with Gasteiger partial charge in [0, 0.05) is 24.6 Å². The van der Waals surface area contributed by atoms with Gasteiger partial charge in [0.05, 0.1) is 11.5 Å². The van der Waals surface area contributed by atoms with E-state index in [0.29, 0.717) is 22.9 Å². The number of ether oxygens (including phenoxy) is 1. The van der Waals surface area contributed by atoms with E-state index in [-0.39, 0.29) is 5.69 Å². The molecule has 5 nitrogen and oxygen atoms in total. The Morgan fingerprint density at radius 2 is 2.40 bits per heavy atom. The molecule has 1 rings (SSSR count). The molecule has 0 N–H and O–H groups in total. The second kappa shape index (κ2) is 5.67. The van der Waals surface area contributed by atoms with Crippen molar-refractivity contribution in [2.24, 2.45) is 0 Å². The van der Waals surface area contributed by atoms with E-state index < -0.39 is 4.92 Å². The average molecular weight is 228 g/mol. The molecule has 0 radical (unpaired) electrons. The van der Waals surface area contributed by atoms with Gasteiger partial charge in [0.2, 0.25) is 0 Å². The van der Waals surface area contributed by atoms with Crippen LogP contribution in [0.15, 0.2) is 17.3 Å². The Morgan fingerprint density at radius 1 is 1.67 bits per heavy atom. The van der Waals surface area contributed by atoms with Crippen molar-refractivity contribution in [2.45, 2.75) is 11.9 Å². The van der Waals surface area contributed by atoms with E-state index in [0.717, 1.165) is 0 Å². The van der Waals surface area contributed by atoms with Gasteiger partial charge in [-0.25, -0.2) is 4.98 Å². The minimum atomic E-state index is -0.391. The van der Waals surface area contributed by atoms with Crippen LogP contribution in [-0.4, -0.2) is 29.4 Å². The van der Waals surface area contributed by atoms with E-state index in [2.05, 4.69) is 4.98 Å². The van der Waals surface area contributed by atoms with E-state index >= 15 is 0 Å². The number of nitro groups is 1. The Hall–Kier alpha value is -1.14. The fraction of sp³-hybridized carbons (Fsp3) is 0.444. The van der Waals surface area contributed by atoms with Crippen molar-refractivity contribution >= 4 is 17.4 Å². The summed E-state index contributed by atoms with van der Waals surface area (Å²) in [6, 6.07) is 1.64.